The summed E-state index contributed by atoms with van der Waals surface area (Å²) in [6.45, 7) is 9.36. The Morgan fingerprint density at radius 1 is 1.25 bits per heavy atom. The van der Waals surface area contributed by atoms with Crippen molar-refractivity contribution in [2.24, 2.45) is 9.36 Å². The van der Waals surface area contributed by atoms with Crippen LogP contribution in [0.15, 0.2) is 27.6 Å². The van der Waals surface area contributed by atoms with Gasteiger partial charge in [-0.05, 0) is 59.2 Å². The molecule has 1 N–H and O–H groups in total. The Balaban J connectivity index is 2.04. The molecule has 8 heteroatoms. The van der Waals surface area contributed by atoms with E-state index in [0.29, 0.717) is 29.9 Å². The minimum Gasteiger partial charge on any atom is -0.439 e. The van der Waals surface area contributed by atoms with E-state index in [1.165, 1.54) is 6.07 Å². The number of halogens is 1. The third-order valence-corrected chi connectivity index (χ3v) is 9.85. The summed E-state index contributed by atoms with van der Waals surface area (Å²) in [4.78, 5) is 17.6. The number of benzene rings is 1. The van der Waals surface area contributed by atoms with E-state index in [0.717, 1.165) is 0 Å². The summed E-state index contributed by atoms with van der Waals surface area (Å²) in [7, 11) is -2.77. The van der Waals surface area contributed by atoms with Crippen LogP contribution in [-0.2, 0) is 24.8 Å². The molecule has 0 spiro atoms. The van der Waals surface area contributed by atoms with Crippen LogP contribution in [0.3, 0.4) is 0 Å². The molecule has 0 fully saturated rings. The second-order valence-electron chi connectivity index (χ2n) is 8.90. The number of carbonyl (C=O) groups excluding carboxylic acids is 1. The second kappa shape index (κ2) is 5.78. The molecule has 3 aliphatic heterocycles. The second-order valence-corrected chi connectivity index (χ2v) is 11.9. The summed E-state index contributed by atoms with van der Waals surface area (Å²) in [5.74, 6) is -0.879. The normalized spacial score (nSPS) is 35.4. The number of rotatable bonds is 0. The Bertz CT molecular complexity index is 1020. The topological polar surface area (TPSA) is 80.1 Å². The van der Waals surface area contributed by atoms with Crippen molar-refractivity contribution in [2.75, 3.05) is 11.9 Å². The van der Waals surface area contributed by atoms with Crippen molar-refractivity contribution < 1.29 is 18.1 Å². The monoisotopic (exact) mass is 407 g/mol. The van der Waals surface area contributed by atoms with Crippen LogP contribution in [0.1, 0.15) is 53.0 Å². The number of carbonyl (C=O) groups is 1. The van der Waals surface area contributed by atoms with Gasteiger partial charge < -0.3 is 10.1 Å². The summed E-state index contributed by atoms with van der Waals surface area (Å²) in [6.07, 6.45) is 0.465. The lowest BCUT2D eigenvalue weighted by Gasteiger charge is -2.45. The van der Waals surface area contributed by atoms with E-state index in [-0.39, 0.29) is 6.42 Å². The Kier molecular flexibility index (Phi) is 4.00. The van der Waals surface area contributed by atoms with Gasteiger partial charge in [-0.25, -0.2) is 13.0 Å². The Morgan fingerprint density at radius 3 is 2.68 bits per heavy atom. The minimum atomic E-state index is -2.77. The van der Waals surface area contributed by atoms with Gasteiger partial charge in [0.2, 0.25) is 0 Å². The number of nitrogens with one attached hydrogen (secondary N) is 1. The van der Waals surface area contributed by atoms with Gasteiger partial charge in [0.1, 0.15) is 11.4 Å². The summed E-state index contributed by atoms with van der Waals surface area (Å²) in [5, 5.41) is 2.72. The van der Waals surface area contributed by atoms with Crippen molar-refractivity contribution in [2.45, 2.75) is 68.7 Å². The maximum absolute atomic E-state index is 15.0. The maximum Gasteiger partial charge on any atom is 0.313 e. The average Bonchev–Trinajstić information content (AvgIpc) is 2.98. The van der Waals surface area contributed by atoms with E-state index in [4.69, 9.17) is 9.73 Å². The van der Waals surface area contributed by atoms with Gasteiger partial charge in [0.05, 0.1) is 26.1 Å². The van der Waals surface area contributed by atoms with Crippen molar-refractivity contribution in [1.82, 2.24) is 0 Å². The Labute approximate surface area is 165 Å². The zero-order valence-electron chi connectivity index (χ0n) is 16.8. The number of esters is 1. The summed E-state index contributed by atoms with van der Waals surface area (Å²) in [6, 6.07) is 4.67. The van der Waals surface area contributed by atoms with Crippen LogP contribution >= 0.6 is 0 Å². The highest BCUT2D eigenvalue weighted by Gasteiger charge is 2.57. The number of aliphatic imine (C=N–C) groups is 1. The largest absolute Gasteiger partial charge is 0.439 e. The first kappa shape index (κ1) is 19.4. The zero-order chi connectivity index (χ0) is 20.5. The molecule has 0 unspecified atom stereocenters. The first-order valence-electron chi connectivity index (χ1n) is 9.50. The number of cyclic esters (lactones) is 1. The lowest BCUT2D eigenvalue weighted by atomic mass is 9.85. The number of hydrogen-bond donors (Lipinski definition) is 1. The Hall–Kier alpha value is -1.96. The van der Waals surface area contributed by atoms with E-state index >= 15 is 4.39 Å². The van der Waals surface area contributed by atoms with Crippen LogP contribution < -0.4 is 5.32 Å². The molecule has 6 nitrogen and oxygen atoms in total. The summed E-state index contributed by atoms with van der Waals surface area (Å²) >= 11 is 0. The summed E-state index contributed by atoms with van der Waals surface area (Å²) in [5.41, 5.74) is -0.628. The molecule has 3 aliphatic rings. The van der Waals surface area contributed by atoms with E-state index in [1.54, 1.807) is 26.0 Å². The van der Waals surface area contributed by atoms with E-state index in [2.05, 4.69) is 9.68 Å². The van der Waals surface area contributed by atoms with E-state index in [1.807, 2.05) is 20.8 Å². The van der Waals surface area contributed by atoms with Crippen LogP contribution in [0.25, 0.3) is 0 Å². The quantitative estimate of drug-likeness (QED) is 0.666. The van der Waals surface area contributed by atoms with Crippen LogP contribution in [-0.4, -0.2) is 38.2 Å². The molecule has 0 radical (unpaired) electrons. The van der Waals surface area contributed by atoms with Crippen molar-refractivity contribution in [3.05, 3.63) is 29.6 Å². The molecular weight excluding hydrogens is 381 g/mol. The molecule has 4 bridgehead atoms. The standard InChI is InChI=1S/C20H26FN3O3S/c1-18(2)15-11-17(25)27-19(3,4)23-12-6-7-14(21)13(10-12)20(5,24-15)16-8-9-22-28(16,18)26/h6-7,10,16,23H,8-9,11H2,1-5H3/t16-,20+,28+/m0/s1. The fourth-order valence-corrected chi connectivity index (χ4v) is 7.90. The molecular formula is C20H26FN3O3S. The van der Waals surface area contributed by atoms with Crippen molar-refractivity contribution in [3.63, 3.8) is 0 Å². The number of fused-ring (bicyclic) bond motifs is 6. The van der Waals surface area contributed by atoms with Crippen LogP contribution in [0.4, 0.5) is 10.1 Å². The van der Waals surface area contributed by atoms with Gasteiger partial charge in [-0.3, -0.25) is 9.79 Å². The molecule has 1 aromatic rings. The van der Waals surface area contributed by atoms with Gasteiger partial charge in [-0.15, -0.1) is 0 Å². The predicted molar refractivity (Wildman–Crippen MR) is 108 cm³/mol. The van der Waals surface area contributed by atoms with Gasteiger partial charge in [-0.1, -0.05) is 0 Å². The molecule has 28 heavy (non-hydrogen) atoms. The average molecular weight is 408 g/mol. The van der Waals surface area contributed by atoms with Crippen LogP contribution in [0.2, 0.25) is 0 Å². The molecule has 0 aliphatic carbocycles. The van der Waals surface area contributed by atoms with Gasteiger partial charge in [-0.2, -0.15) is 0 Å². The fraction of sp³-hybridized carbons (Fsp3) is 0.600. The highest BCUT2D eigenvalue weighted by Crippen LogP contribution is 2.49. The number of hydrogen-bond acceptors (Lipinski definition) is 6. The third kappa shape index (κ3) is 2.60. The Morgan fingerprint density at radius 2 is 1.96 bits per heavy atom. The molecule has 3 heterocycles. The van der Waals surface area contributed by atoms with Gasteiger partial charge in [0.15, 0.2) is 5.72 Å². The maximum atomic E-state index is 15.0. The molecule has 0 saturated carbocycles. The van der Waals surface area contributed by atoms with Gasteiger partial charge in [0.25, 0.3) is 0 Å². The fourth-order valence-electron chi connectivity index (χ4n) is 4.63. The third-order valence-electron chi connectivity index (χ3n) is 6.12. The number of anilines is 1. The minimum absolute atomic E-state index is 0.107. The smallest absolute Gasteiger partial charge is 0.313 e. The van der Waals surface area contributed by atoms with Crippen LogP contribution in [0.5, 0.6) is 0 Å². The van der Waals surface area contributed by atoms with Gasteiger partial charge >= 0.3 is 5.97 Å². The number of ether oxygens (including phenoxy) is 1. The lowest BCUT2D eigenvalue weighted by Crippen LogP contribution is -2.56. The molecule has 152 valence electrons. The van der Waals surface area contributed by atoms with E-state index in [9.17, 15) is 9.00 Å². The van der Waals surface area contributed by atoms with Gasteiger partial charge in [0, 0.05) is 23.5 Å². The van der Waals surface area contributed by atoms with Crippen molar-refractivity contribution in [1.29, 1.82) is 0 Å². The zero-order valence-corrected chi connectivity index (χ0v) is 17.7. The number of nitrogens with zero attached hydrogens (tertiary/aromatic N) is 2. The van der Waals surface area contributed by atoms with Crippen molar-refractivity contribution >= 4 is 27.1 Å². The highest BCUT2D eigenvalue weighted by molar-refractivity contribution is 7.96. The SMILES string of the molecule is CC1(C)Nc2ccc(F)c(c2)[C@@]2(C)N=C(CC(=O)O1)C(C)(C)[S@@]1(=O)=NCC[C@@H]21. The highest BCUT2D eigenvalue weighted by atomic mass is 32.2. The molecule has 3 atom stereocenters. The first-order chi connectivity index (χ1) is 12.9. The van der Waals surface area contributed by atoms with Crippen LogP contribution in [0, 0.1) is 5.82 Å². The molecule has 0 saturated heterocycles. The predicted octanol–water partition coefficient (Wildman–Crippen LogP) is 3.61. The molecule has 0 aromatic heterocycles. The van der Waals surface area contributed by atoms with Crippen molar-refractivity contribution in [3.8, 4) is 0 Å². The van der Waals surface area contributed by atoms with E-state index < -0.39 is 42.8 Å². The first-order valence-corrected chi connectivity index (χ1v) is 11.1. The summed E-state index contributed by atoms with van der Waals surface area (Å²) < 4.78 is 38.3. The molecule has 0 amide bonds. The lowest BCUT2D eigenvalue weighted by molar-refractivity contribution is -0.152. The molecule has 4 rings (SSSR count). The molecule has 1 aromatic carbocycles.